The minimum atomic E-state index is -0.999. The molecule has 0 bridgehead atoms. The lowest BCUT2D eigenvalue weighted by molar-refractivity contribution is -0.152. The van der Waals surface area contributed by atoms with E-state index in [1.165, 1.54) is 23.5 Å². The number of para-hydroxylation sites is 1. The number of thiophene rings is 1. The molecule has 5 nitrogen and oxygen atoms in total. The Labute approximate surface area is 206 Å². The number of hydrogen-bond donors (Lipinski definition) is 0. The summed E-state index contributed by atoms with van der Waals surface area (Å²) in [7, 11) is 0. The maximum absolute atomic E-state index is 14.1. The van der Waals surface area contributed by atoms with Crippen molar-refractivity contribution in [2.45, 2.75) is 31.6 Å². The van der Waals surface area contributed by atoms with Crippen LogP contribution in [0, 0.1) is 11.7 Å². The first-order valence-electron chi connectivity index (χ1n) is 11.6. The Morgan fingerprint density at radius 2 is 1.77 bits per heavy atom. The molecule has 3 atom stereocenters. The molecule has 3 aromatic rings. The first kappa shape index (κ1) is 23.2. The van der Waals surface area contributed by atoms with Crippen LogP contribution in [0.25, 0.3) is 0 Å². The number of carbonyl (C=O) groups excluding carboxylic acids is 3. The molecule has 178 valence electrons. The van der Waals surface area contributed by atoms with E-state index >= 15 is 0 Å². The number of halogens is 1. The Morgan fingerprint density at radius 1 is 1.03 bits per heavy atom. The van der Waals surface area contributed by atoms with Gasteiger partial charge in [0.25, 0.3) is 0 Å². The quantitative estimate of drug-likeness (QED) is 0.346. The molecule has 0 spiro atoms. The molecular weight excluding hydrogens is 465 g/mol. The molecular formula is C28H24FNO4S. The lowest BCUT2D eigenvalue weighted by Crippen LogP contribution is -2.46. The van der Waals surface area contributed by atoms with Crippen LogP contribution in [0.3, 0.4) is 0 Å². The van der Waals surface area contributed by atoms with Gasteiger partial charge in [0.1, 0.15) is 11.7 Å². The first-order valence-corrected chi connectivity index (χ1v) is 12.5. The molecule has 2 aromatic carbocycles. The van der Waals surface area contributed by atoms with E-state index in [9.17, 15) is 18.8 Å². The van der Waals surface area contributed by atoms with E-state index in [1.54, 1.807) is 24.0 Å². The largest absolute Gasteiger partial charge is 0.465 e. The summed E-state index contributed by atoms with van der Waals surface area (Å²) < 4.78 is 19.0. The molecule has 1 aliphatic carbocycles. The highest BCUT2D eigenvalue weighted by atomic mass is 32.1. The zero-order chi connectivity index (χ0) is 24.5. The second-order valence-electron chi connectivity index (χ2n) is 8.65. The van der Waals surface area contributed by atoms with Crippen molar-refractivity contribution < 1.29 is 23.5 Å². The number of anilines is 1. The van der Waals surface area contributed by atoms with Crippen molar-refractivity contribution in [3.8, 4) is 0 Å². The molecule has 0 saturated carbocycles. The third-order valence-electron chi connectivity index (χ3n) is 6.66. The molecule has 35 heavy (non-hydrogen) atoms. The number of hydrogen-bond acceptors (Lipinski definition) is 5. The summed E-state index contributed by atoms with van der Waals surface area (Å²) in [5.41, 5.74) is 2.39. The van der Waals surface area contributed by atoms with Gasteiger partial charge in [0, 0.05) is 40.1 Å². The maximum Gasteiger partial charge on any atom is 0.317 e. The van der Waals surface area contributed by atoms with Crippen LogP contribution in [0.5, 0.6) is 0 Å². The number of nitrogens with zero attached hydrogens (tertiary/aromatic N) is 1. The van der Waals surface area contributed by atoms with Crippen molar-refractivity contribution in [3.05, 3.63) is 99.6 Å². The summed E-state index contributed by atoms with van der Waals surface area (Å²) in [6.45, 7) is 1.88. The average molecular weight is 490 g/mol. The molecule has 1 amide bonds. The number of amides is 1. The molecule has 5 rings (SSSR count). The SMILES string of the molecule is CCOC(=O)[C@H]1C(=O)C2=C(C[C@H]1c1cccs1)N(c1ccccc1)C(=O)C[C@H]2c1ccc(F)cc1. The first-order chi connectivity index (χ1) is 17.0. The van der Waals surface area contributed by atoms with E-state index in [2.05, 4.69) is 0 Å². The van der Waals surface area contributed by atoms with Crippen LogP contribution in [0.2, 0.25) is 0 Å². The summed E-state index contributed by atoms with van der Waals surface area (Å²) in [6.07, 6.45) is 0.383. The van der Waals surface area contributed by atoms with Gasteiger partial charge in [-0.2, -0.15) is 0 Å². The van der Waals surface area contributed by atoms with Crippen LogP contribution in [-0.4, -0.2) is 24.3 Å². The third kappa shape index (κ3) is 4.21. The average Bonchev–Trinajstić information content (AvgIpc) is 3.39. The molecule has 1 aromatic heterocycles. The zero-order valence-electron chi connectivity index (χ0n) is 19.1. The number of esters is 1. The Bertz CT molecular complexity index is 1280. The highest BCUT2D eigenvalue weighted by Crippen LogP contribution is 2.50. The number of benzene rings is 2. The van der Waals surface area contributed by atoms with Gasteiger partial charge in [0.15, 0.2) is 5.78 Å². The van der Waals surface area contributed by atoms with Crippen LogP contribution < -0.4 is 4.90 Å². The van der Waals surface area contributed by atoms with Gasteiger partial charge in [-0.1, -0.05) is 36.4 Å². The van der Waals surface area contributed by atoms with Crippen molar-refractivity contribution in [1.82, 2.24) is 0 Å². The molecule has 0 radical (unpaired) electrons. The smallest absolute Gasteiger partial charge is 0.317 e. The fourth-order valence-electron chi connectivity index (χ4n) is 5.16. The monoisotopic (exact) mass is 489 g/mol. The summed E-state index contributed by atoms with van der Waals surface area (Å²) in [4.78, 5) is 43.3. The fraction of sp³-hybridized carbons (Fsp3) is 0.250. The van der Waals surface area contributed by atoms with E-state index in [4.69, 9.17) is 4.74 Å². The molecule has 1 aliphatic heterocycles. The molecule has 2 heterocycles. The predicted octanol–water partition coefficient (Wildman–Crippen LogP) is 5.60. The lowest BCUT2D eigenvalue weighted by Gasteiger charge is -2.42. The molecule has 0 unspecified atom stereocenters. The Kier molecular flexibility index (Phi) is 6.34. The van der Waals surface area contributed by atoms with Gasteiger partial charge in [0.05, 0.1) is 6.61 Å². The van der Waals surface area contributed by atoms with Crippen molar-refractivity contribution in [2.75, 3.05) is 11.5 Å². The standard InChI is InChI=1S/C28H24FNO4S/c1-2-34-28(33)26-21(23-9-6-14-35-23)15-22-25(27(26)32)20(17-10-12-18(29)13-11-17)16-24(31)30(22)19-7-4-3-5-8-19/h3-14,20-21,26H,2,15-16H2,1H3/t20-,21-,26+/m0/s1. The van der Waals surface area contributed by atoms with Crippen molar-refractivity contribution in [3.63, 3.8) is 0 Å². The third-order valence-corrected chi connectivity index (χ3v) is 7.66. The normalized spacial score (nSPS) is 22.2. The highest BCUT2D eigenvalue weighted by molar-refractivity contribution is 7.10. The van der Waals surface area contributed by atoms with E-state index in [0.717, 1.165) is 4.88 Å². The lowest BCUT2D eigenvalue weighted by atomic mass is 9.69. The van der Waals surface area contributed by atoms with Gasteiger partial charge in [0.2, 0.25) is 5.91 Å². The van der Waals surface area contributed by atoms with E-state index in [1.807, 2.05) is 47.8 Å². The zero-order valence-corrected chi connectivity index (χ0v) is 20.0. The number of ether oxygens (including phenoxy) is 1. The van der Waals surface area contributed by atoms with Crippen molar-refractivity contribution >= 4 is 34.7 Å². The topological polar surface area (TPSA) is 63.7 Å². The predicted molar refractivity (Wildman–Crippen MR) is 132 cm³/mol. The van der Waals surface area contributed by atoms with Crippen LogP contribution in [0.1, 0.15) is 42.0 Å². The van der Waals surface area contributed by atoms with Crippen LogP contribution in [0.4, 0.5) is 10.1 Å². The second kappa shape index (κ2) is 9.58. The van der Waals surface area contributed by atoms with Gasteiger partial charge < -0.3 is 4.74 Å². The molecule has 0 N–H and O–H groups in total. The Balaban J connectivity index is 1.71. The number of rotatable bonds is 5. The molecule has 2 aliphatic rings. The summed E-state index contributed by atoms with van der Waals surface area (Å²) in [6, 6.07) is 18.9. The van der Waals surface area contributed by atoms with Gasteiger partial charge in [-0.15, -0.1) is 11.3 Å². The van der Waals surface area contributed by atoms with E-state index in [0.29, 0.717) is 28.9 Å². The van der Waals surface area contributed by atoms with Gasteiger partial charge in [-0.05, 0) is 54.6 Å². The molecule has 0 fully saturated rings. The van der Waals surface area contributed by atoms with Gasteiger partial charge in [-0.3, -0.25) is 19.3 Å². The summed E-state index contributed by atoms with van der Waals surface area (Å²) >= 11 is 1.48. The van der Waals surface area contributed by atoms with E-state index < -0.39 is 29.5 Å². The number of carbonyl (C=O) groups is 3. The number of ketones is 1. The molecule has 7 heteroatoms. The minimum absolute atomic E-state index is 0.0459. The van der Waals surface area contributed by atoms with Gasteiger partial charge >= 0.3 is 5.97 Å². The summed E-state index contributed by atoms with van der Waals surface area (Å²) in [5.74, 6) is -3.42. The maximum atomic E-state index is 14.1. The van der Waals surface area contributed by atoms with Gasteiger partial charge in [-0.25, -0.2) is 4.39 Å². The van der Waals surface area contributed by atoms with Crippen LogP contribution in [0.15, 0.2) is 83.4 Å². The van der Waals surface area contributed by atoms with Crippen LogP contribution in [-0.2, 0) is 19.1 Å². The molecule has 0 saturated heterocycles. The van der Waals surface area contributed by atoms with E-state index in [-0.39, 0.29) is 24.7 Å². The minimum Gasteiger partial charge on any atom is -0.465 e. The second-order valence-corrected chi connectivity index (χ2v) is 9.63. The summed E-state index contributed by atoms with van der Waals surface area (Å²) in [5, 5.41) is 1.91. The fourth-order valence-corrected chi connectivity index (χ4v) is 6.02. The Hall–Kier alpha value is -3.58. The van der Waals surface area contributed by atoms with Crippen molar-refractivity contribution in [1.29, 1.82) is 0 Å². The van der Waals surface area contributed by atoms with Crippen molar-refractivity contribution in [2.24, 2.45) is 5.92 Å². The Morgan fingerprint density at radius 3 is 2.43 bits per heavy atom. The highest BCUT2D eigenvalue weighted by Gasteiger charge is 2.50. The number of allylic oxidation sites excluding steroid dienone is 2. The number of Topliss-reactive ketones (excluding diaryl/α,β-unsaturated/α-hetero) is 1. The van der Waals surface area contributed by atoms with Crippen LogP contribution >= 0.6 is 11.3 Å².